The van der Waals surface area contributed by atoms with Gasteiger partial charge in [-0.2, -0.15) is 0 Å². The van der Waals surface area contributed by atoms with Gasteiger partial charge in [0.1, 0.15) is 91.2 Å². The summed E-state index contributed by atoms with van der Waals surface area (Å²) >= 11 is 0. The molecule has 4 aliphatic heterocycles. The average molecular weight is 1090 g/mol. The monoisotopic (exact) mass is 1090 g/mol. The Hall–Kier alpha value is -1.47. The van der Waals surface area contributed by atoms with Crippen molar-refractivity contribution in [2.75, 3.05) is 26.4 Å². The first kappa shape index (κ1) is 60.6. The predicted octanol–water partition coefficient (Wildman–Crippen LogP) is -2.38. The van der Waals surface area contributed by atoms with Crippen LogP contribution in [0.5, 0.6) is 0 Å². The number of rotatable bonds is 15. The van der Waals surface area contributed by atoms with Gasteiger partial charge in [0, 0.05) is 17.8 Å². The topological polar surface area (TPSA) is 374 Å². The van der Waals surface area contributed by atoms with E-state index in [0.717, 1.165) is 0 Å². The molecule has 4 saturated carbocycles. The highest BCUT2D eigenvalue weighted by molar-refractivity contribution is 5.86. The maximum atomic E-state index is 14.8. The van der Waals surface area contributed by atoms with Crippen LogP contribution < -0.4 is 0 Å². The summed E-state index contributed by atoms with van der Waals surface area (Å²) in [6, 6.07) is 0. The van der Waals surface area contributed by atoms with Crippen LogP contribution in [0.3, 0.4) is 0 Å². The zero-order valence-corrected chi connectivity index (χ0v) is 44.9. The second-order valence-electron chi connectivity index (χ2n) is 25.5. The van der Waals surface area contributed by atoms with Crippen molar-refractivity contribution < 1.29 is 114 Å². The quantitative estimate of drug-likeness (QED) is 0.0601. The lowest BCUT2D eigenvalue weighted by atomic mass is 9.35. The van der Waals surface area contributed by atoms with E-state index in [4.69, 9.17) is 37.9 Å². The molecule has 0 bridgehead atoms. The molecule has 0 radical (unpaired) electrons. The van der Waals surface area contributed by atoms with Gasteiger partial charge in [-0.05, 0) is 107 Å². The zero-order chi connectivity index (χ0) is 56.0. The molecule has 28 atom stereocenters. The van der Waals surface area contributed by atoms with E-state index in [1.54, 1.807) is 32.9 Å². The molecule has 0 aromatic rings. The molecule has 28 unspecified atom stereocenters. The predicted molar refractivity (Wildman–Crippen MR) is 261 cm³/mol. The third kappa shape index (κ3) is 10.7. The van der Waals surface area contributed by atoms with Gasteiger partial charge in [0.2, 0.25) is 0 Å². The Balaban J connectivity index is 1.09. The Bertz CT molecular complexity index is 2020. The number of ether oxygens (including phenoxy) is 8. The summed E-state index contributed by atoms with van der Waals surface area (Å²) in [5, 5.41) is 151. The molecule has 0 aromatic carbocycles. The number of ketones is 1. The minimum absolute atomic E-state index is 0.0286. The van der Waals surface area contributed by atoms with E-state index in [0.29, 0.717) is 38.5 Å². The van der Waals surface area contributed by atoms with Gasteiger partial charge >= 0.3 is 0 Å². The normalized spacial score (nSPS) is 51.7. The SMILES string of the molecule is CC1OC(OC2C(OC3CCC4(C)C(CCC5(C)C4CCC4C(C(C)(O)CC=CC(C)(C)O)C(=O)CC45COC4OC(CO)C(O)C(O)C4O)C3(C)C)OCC(O)C2OC2OC(CO)C(O)C(O)C2O)C(O)C(O)C1O. The minimum Gasteiger partial charge on any atom is -0.394 e. The van der Waals surface area contributed by atoms with Crippen LogP contribution in [0.4, 0.5) is 0 Å². The fraction of sp³-hybridized carbons (Fsp3) is 0.943. The van der Waals surface area contributed by atoms with Crippen molar-refractivity contribution >= 4 is 5.78 Å². The molecule has 23 nitrogen and oxygen atoms in total. The summed E-state index contributed by atoms with van der Waals surface area (Å²) in [6.07, 6.45) is -23.6. The van der Waals surface area contributed by atoms with Crippen LogP contribution in [0.25, 0.3) is 0 Å². The fourth-order valence-corrected chi connectivity index (χ4v) is 15.7. The molecule has 4 heterocycles. The van der Waals surface area contributed by atoms with Gasteiger partial charge in [-0.15, -0.1) is 0 Å². The van der Waals surface area contributed by atoms with Crippen molar-refractivity contribution in [1.82, 2.24) is 0 Å². The van der Waals surface area contributed by atoms with Crippen LogP contribution in [0.2, 0.25) is 0 Å². The second kappa shape index (κ2) is 22.4. The summed E-state index contributed by atoms with van der Waals surface area (Å²) in [6.45, 7) is 13.0. The van der Waals surface area contributed by atoms with Gasteiger partial charge in [0.05, 0.1) is 49.8 Å². The number of carbonyl (C=O) groups is 1. The molecule has 8 fully saturated rings. The molecule has 8 aliphatic rings. The van der Waals surface area contributed by atoms with Gasteiger partial charge in [-0.1, -0.05) is 39.8 Å². The molecule has 438 valence electrons. The molecular formula is C53H88O23. The summed E-state index contributed by atoms with van der Waals surface area (Å²) < 4.78 is 49.5. The van der Waals surface area contributed by atoms with Gasteiger partial charge in [0.15, 0.2) is 25.2 Å². The maximum absolute atomic E-state index is 14.8. The number of fused-ring (bicyclic) bond motifs is 5. The van der Waals surface area contributed by atoms with Crippen molar-refractivity contribution in [2.45, 2.75) is 241 Å². The first-order valence-electron chi connectivity index (χ1n) is 27.2. The van der Waals surface area contributed by atoms with E-state index in [9.17, 15) is 76.3 Å². The Labute approximate surface area is 443 Å². The zero-order valence-electron chi connectivity index (χ0n) is 44.9. The highest BCUT2D eigenvalue weighted by atomic mass is 16.8. The average Bonchev–Trinajstić information content (AvgIpc) is 3.75. The number of Topliss-reactive ketones (excluding diaryl/α,β-unsaturated/α-hetero) is 1. The smallest absolute Gasteiger partial charge is 0.187 e. The van der Waals surface area contributed by atoms with Gasteiger partial charge in [-0.3, -0.25) is 4.79 Å². The van der Waals surface area contributed by atoms with Crippen LogP contribution in [0, 0.1) is 45.3 Å². The van der Waals surface area contributed by atoms with Crippen molar-refractivity contribution in [3.05, 3.63) is 12.2 Å². The maximum Gasteiger partial charge on any atom is 0.187 e. The van der Waals surface area contributed by atoms with E-state index >= 15 is 0 Å². The van der Waals surface area contributed by atoms with Crippen molar-refractivity contribution in [3.63, 3.8) is 0 Å². The molecule has 76 heavy (non-hydrogen) atoms. The van der Waals surface area contributed by atoms with E-state index in [1.165, 1.54) is 6.92 Å². The van der Waals surface area contributed by atoms with Crippen molar-refractivity contribution in [3.8, 4) is 0 Å². The number of aliphatic hydroxyl groups excluding tert-OH is 12. The number of hydrogen-bond acceptors (Lipinski definition) is 23. The van der Waals surface area contributed by atoms with Crippen LogP contribution >= 0.6 is 0 Å². The third-order valence-electron chi connectivity index (χ3n) is 19.9. The van der Waals surface area contributed by atoms with E-state index in [1.807, 2.05) is 0 Å². The Morgan fingerprint density at radius 1 is 0.645 bits per heavy atom. The van der Waals surface area contributed by atoms with Gasteiger partial charge in [-0.25, -0.2) is 0 Å². The Kier molecular flexibility index (Phi) is 17.8. The number of carbonyl (C=O) groups excluding carboxylic acids is 1. The van der Waals surface area contributed by atoms with Crippen molar-refractivity contribution in [2.24, 2.45) is 45.3 Å². The Morgan fingerprint density at radius 2 is 1.21 bits per heavy atom. The van der Waals surface area contributed by atoms with E-state index < -0.39 is 187 Å². The lowest BCUT2D eigenvalue weighted by Crippen LogP contribution is -2.67. The summed E-state index contributed by atoms with van der Waals surface area (Å²) in [5.74, 6) is -1.50. The van der Waals surface area contributed by atoms with Gasteiger partial charge in [0.25, 0.3) is 0 Å². The van der Waals surface area contributed by atoms with Crippen molar-refractivity contribution in [1.29, 1.82) is 0 Å². The van der Waals surface area contributed by atoms with E-state index in [-0.39, 0.29) is 37.1 Å². The fourth-order valence-electron chi connectivity index (χ4n) is 15.7. The molecule has 0 amide bonds. The highest BCUT2D eigenvalue weighted by Crippen LogP contribution is 2.76. The van der Waals surface area contributed by atoms with E-state index in [2.05, 4.69) is 27.7 Å². The number of aliphatic hydroxyl groups is 14. The van der Waals surface area contributed by atoms with Gasteiger partial charge < -0.3 is 109 Å². The Morgan fingerprint density at radius 3 is 1.82 bits per heavy atom. The summed E-state index contributed by atoms with van der Waals surface area (Å²) in [5.41, 5.74) is -5.35. The summed E-state index contributed by atoms with van der Waals surface area (Å²) in [7, 11) is 0. The molecule has 0 aromatic heterocycles. The molecule has 14 N–H and O–H groups in total. The molecular weight excluding hydrogens is 1000 g/mol. The first-order chi connectivity index (χ1) is 35.4. The van der Waals surface area contributed by atoms with Crippen LogP contribution in [-0.2, 0) is 42.7 Å². The minimum atomic E-state index is -1.87. The lowest BCUT2D eigenvalue weighted by molar-refractivity contribution is -0.388. The van der Waals surface area contributed by atoms with Crippen LogP contribution in [-0.4, -0.2) is 238 Å². The second-order valence-corrected chi connectivity index (χ2v) is 25.5. The number of hydrogen-bond donors (Lipinski definition) is 14. The lowest BCUT2D eigenvalue weighted by Gasteiger charge is -2.70. The first-order valence-corrected chi connectivity index (χ1v) is 27.2. The molecule has 0 spiro atoms. The van der Waals surface area contributed by atoms with Crippen LogP contribution in [0.1, 0.15) is 107 Å². The molecule has 4 saturated heterocycles. The summed E-state index contributed by atoms with van der Waals surface area (Å²) in [4.78, 5) is 14.8. The molecule has 23 heteroatoms. The molecule has 8 rings (SSSR count). The highest BCUT2D eigenvalue weighted by Gasteiger charge is 2.73. The van der Waals surface area contributed by atoms with Crippen LogP contribution in [0.15, 0.2) is 12.2 Å². The largest absolute Gasteiger partial charge is 0.394 e. The molecule has 4 aliphatic carbocycles. The third-order valence-corrected chi connectivity index (χ3v) is 19.9. The standard InChI is InChI=1S/C53H88O23/c1-23-33(58)36(61)40(65)45(71-23)76-43-42(75-46-41(66)38(63)35(60)28(20-55)73-46)26(57)21-69-47(43)74-31-13-16-50(6)29(49(31,4)5)12-17-51(7)30(50)11-10-24-32(52(8,68)15-9-14-48(2,3)67)25(56)18-53(24,51)22-70-44-39(64)37(62)34(59)27(19-54)72-44/h9,14,23-24,26-47,54-55,57-68H,10-13,15-22H2,1-8H3.